The summed E-state index contributed by atoms with van der Waals surface area (Å²) in [5.74, 6) is 0. The summed E-state index contributed by atoms with van der Waals surface area (Å²) in [5, 5.41) is 0. The van der Waals surface area contributed by atoms with Crippen LogP contribution in [0.1, 0.15) is 26.2 Å². The van der Waals surface area contributed by atoms with Crippen molar-refractivity contribution in [2.24, 2.45) is 0 Å². The molecule has 0 atom stereocenters. The molecule has 0 amide bonds. The molecule has 2 rings (SSSR count). The highest BCUT2D eigenvalue weighted by molar-refractivity contribution is 7.89. The molecule has 0 unspecified atom stereocenters. The summed E-state index contributed by atoms with van der Waals surface area (Å²) in [4.78, 5) is 16.0. The van der Waals surface area contributed by atoms with Gasteiger partial charge in [0.15, 0.2) is 0 Å². The monoisotopic (exact) mass is 313 g/mol. The minimum absolute atomic E-state index is 0.0232. The number of nitrogens with zero attached hydrogens (tertiary/aromatic N) is 2. The van der Waals surface area contributed by atoms with Gasteiger partial charge in [0.25, 0.3) is 0 Å². The molecule has 0 saturated carbocycles. The summed E-state index contributed by atoms with van der Waals surface area (Å²) in [7, 11) is -1.91. The Morgan fingerprint density at radius 1 is 1.33 bits per heavy atom. The van der Waals surface area contributed by atoms with Crippen molar-refractivity contribution in [1.82, 2.24) is 14.2 Å². The average molecular weight is 313 g/mol. The first-order valence-electron chi connectivity index (χ1n) is 7.34. The van der Waals surface area contributed by atoms with Gasteiger partial charge in [-0.15, -0.1) is 0 Å². The van der Waals surface area contributed by atoms with E-state index < -0.39 is 10.0 Å². The van der Waals surface area contributed by atoms with E-state index in [0.717, 1.165) is 38.9 Å². The van der Waals surface area contributed by atoms with E-state index in [9.17, 15) is 13.2 Å². The van der Waals surface area contributed by atoms with Crippen LogP contribution in [0.25, 0.3) is 0 Å². The zero-order valence-corrected chi connectivity index (χ0v) is 13.4. The van der Waals surface area contributed by atoms with E-state index in [2.05, 4.69) is 16.8 Å². The van der Waals surface area contributed by atoms with Gasteiger partial charge in [-0.2, -0.15) is 4.31 Å². The highest BCUT2D eigenvalue weighted by atomic mass is 32.2. The van der Waals surface area contributed by atoms with Crippen molar-refractivity contribution < 1.29 is 8.42 Å². The maximum absolute atomic E-state index is 12.5. The number of sulfonamides is 1. The quantitative estimate of drug-likeness (QED) is 0.875. The number of aromatic nitrogens is 1. The van der Waals surface area contributed by atoms with Crippen molar-refractivity contribution >= 4 is 10.0 Å². The summed E-state index contributed by atoms with van der Waals surface area (Å²) in [5.41, 5.74) is -0.301. The van der Waals surface area contributed by atoms with Crippen molar-refractivity contribution in [3.05, 3.63) is 28.7 Å². The molecule has 21 heavy (non-hydrogen) atoms. The van der Waals surface area contributed by atoms with Gasteiger partial charge in [0, 0.05) is 25.4 Å². The highest BCUT2D eigenvalue weighted by Gasteiger charge is 2.30. The van der Waals surface area contributed by atoms with Gasteiger partial charge in [-0.25, -0.2) is 8.42 Å². The normalized spacial score (nSPS) is 18.2. The van der Waals surface area contributed by atoms with Crippen LogP contribution in [0, 0.1) is 0 Å². The van der Waals surface area contributed by atoms with E-state index >= 15 is 0 Å². The lowest BCUT2D eigenvalue weighted by Gasteiger charge is -2.36. The number of aromatic amines is 1. The second-order valence-corrected chi connectivity index (χ2v) is 7.48. The molecule has 1 N–H and O–H groups in total. The molecule has 1 aliphatic heterocycles. The number of nitrogens with one attached hydrogen (secondary N) is 1. The molecule has 0 aromatic carbocycles. The Kier molecular flexibility index (Phi) is 5.18. The molecule has 2 heterocycles. The number of hydrogen-bond acceptors (Lipinski definition) is 4. The van der Waals surface area contributed by atoms with Crippen LogP contribution in [-0.2, 0) is 10.0 Å². The van der Waals surface area contributed by atoms with Gasteiger partial charge >= 0.3 is 0 Å². The molecular formula is C14H23N3O3S. The summed E-state index contributed by atoms with van der Waals surface area (Å²) in [6, 6.07) is 2.62. The molecule has 1 aliphatic rings. The third kappa shape index (κ3) is 3.72. The van der Waals surface area contributed by atoms with Crippen LogP contribution < -0.4 is 5.56 Å². The van der Waals surface area contributed by atoms with E-state index in [-0.39, 0.29) is 16.5 Å². The Morgan fingerprint density at radius 2 is 2.00 bits per heavy atom. The van der Waals surface area contributed by atoms with Crippen LogP contribution in [0.3, 0.4) is 0 Å². The van der Waals surface area contributed by atoms with Gasteiger partial charge in [0.05, 0.1) is 4.90 Å². The number of pyridine rings is 1. The fourth-order valence-electron chi connectivity index (χ4n) is 2.74. The Bertz CT molecular complexity index is 598. The van der Waals surface area contributed by atoms with Crippen LogP contribution in [0.5, 0.6) is 0 Å². The van der Waals surface area contributed by atoms with Crippen molar-refractivity contribution in [2.75, 3.05) is 26.7 Å². The zero-order valence-electron chi connectivity index (χ0n) is 12.6. The van der Waals surface area contributed by atoms with Gasteiger partial charge < -0.3 is 9.88 Å². The van der Waals surface area contributed by atoms with Gasteiger partial charge in [-0.3, -0.25) is 4.79 Å². The molecule has 0 spiro atoms. The summed E-state index contributed by atoms with van der Waals surface area (Å²) in [6.07, 6.45) is 4.08. The molecular weight excluding hydrogens is 290 g/mol. The topological polar surface area (TPSA) is 73.5 Å². The van der Waals surface area contributed by atoms with E-state index in [1.54, 1.807) is 7.05 Å². The van der Waals surface area contributed by atoms with Gasteiger partial charge in [0.1, 0.15) is 0 Å². The largest absolute Gasteiger partial charge is 0.328 e. The van der Waals surface area contributed by atoms with Crippen molar-refractivity contribution in [2.45, 2.75) is 37.1 Å². The third-order valence-corrected chi connectivity index (χ3v) is 5.95. The van der Waals surface area contributed by atoms with Gasteiger partial charge in [-0.05, 0) is 45.0 Å². The first-order chi connectivity index (χ1) is 9.95. The van der Waals surface area contributed by atoms with Gasteiger partial charge in [0.2, 0.25) is 15.6 Å². The lowest BCUT2D eigenvalue weighted by molar-refractivity contribution is 0.170. The van der Waals surface area contributed by atoms with E-state index in [0.29, 0.717) is 0 Å². The van der Waals surface area contributed by atoms with Crippen LogP contribution >= 0.6 is 0 Å². The van der Waals surface area contributed by atoms with Crippen molar-refractivity contribution in [3.8, 4) is 0 Å². The predicted molar refractivity (Wildman–Crippen MR) is 81.8 cm³/mol. The molecule has 1 aromatic heterocycles. The molecule has 0 aliphatic carbocycles. The molecule has 118 valence electrons. The number of piperidine rings is 1. The van der Waals surface area contributed by atoms with E-state index in [1.807, 2.05) is 0 Å². The lowest BCUT2D eigenvalue weighted by Crippen LogP contribution is -2.45. The van der Waals surface area contributed by atoms with Crippen LogP contribution in [0.15, 0.2) is 28.0 Å². The lowest BCUT2D eigenvalue weighted by atomic mass is 10.1. The average Bonchev–Trinajstić information content (AvgIpc) is 2.48. The third-order valence-electron chi connectivity index (χ3n) is 4.04. The minimum atomic E-state index is -3.54. The van der Waals surface area contributed by atoms with Crippen LogP contribution in [0.4, 0.5) is 0 Å². The fraction of sp³-hybridized carbons (Fsp3) is 0.643. The van der Waals surface area contributed by atoms with Crippen LogP contribution in [0.2, 0.25) is 0 Å². The molecule has 1 fully saturated rings. The summed E-state index contributed by atoms with van der Waals surface area (Å²) in [6.45, 7) is 5.09. The van der Waals surface area contributed by atoms with Crippen molar-refractivity contribution in [3.63, 3.8) is 0 Å². The predicted octanol–water partition coefficient (Wildman–Crippen LogP) is 0.870. The molecule has 1 aromatic rings. The maximum Gasteiger partial charge on any atom is 0.247 e. The summed E-state index contributed by atoms with van der Waals surface area (Å²) >= 11 is 0. The highest BCUT2D eigenvalue weighted by Crippen LogP contribution is 2.21. The van der Waals surface area contributed by atoms with Crippen molar-refractivity contribution in [1.29, 1.82) is 0 Å². The first-order valence-corrected chi connectivity index (χ1v) is 8.78. The number of H-pyrrole nitrogens is 1. The zero-order chi connectivity index (χ0) is 15.5. The Balaban J connectivity index is 2.07. The SMILES string of the molecule is CCCN1CCC(N(C)S(=O)(=O)c2ccc(=O)[nH]c2)CC1. The smallest absolute Gasteiger partial charge is 0.247 e. The molecule has 1 saturated heterocycles. The number of hydrogen-bond donors (Lipinski definition) is 1. The number of rotatable bonds is 5. The van der Waals surface area contributed by atoms with Crippen LogP contribution in [-0.4, -0.2) is 55.3 Å². The standard InChI is InChI=1S/C14H23N3O3S/c1-3-8-17-9-6-12(7-10-17)16(2)21(19,20)13-4-5-14(18)15-11-13/h4-5,11-12H,3,6-10H2,1-2H3,(H,15,18). The van der Waals surface area contributed by atoms with Gasteiger partial charge in [-0.1, -0.05) is 6.92 Å². The maximum atomic E-state index is 12.5. The Morgan fingerprint density at radius 3 is 2.52 bits per heavy atom. The fourth-order valence-corrected chi connectivity index (χ4v) is 4.13. The first kappa shape index (κ1) is 16.2. The second kappa shape index (κ2) is 6.72. The Labute approximate surface area is 125 Å². The molecule has 0 bridgehead atoms. The molecule has 0 radical (unpaired) electrons. The number of likely N-dealkylation sites (tertiary alicyclic amines) is 1. The Hall–Kier alpha value is -1.18. The van der Waals surface area contributed by atoms with E-state index in [4.69, 9.17) is 0 Å². The van der Waals surface area contributed by atoms with E-state index in [1.165, 1.54) is 22.6 Å². The summed E-state index contributed by atoms with van der Waals surface area (Å²) < 4.78 is 26.5. The second-order valence-electron chi connectivity index (χ2n) is 5.48. The molecule has 7 heteroatoms. The minimum Gasteiger partial charge on any atom is -0.328 e. The molecule has 6 nitrogen and oxygen atoms in total.